The number of hydrogen-bond donors (Lipinski definition) is 7. The van der Waals surface area contributed by atoms with E-state index >= 15 is 0 Å². The van der Waals surface area contributed by atoms with E-state index < -0.39 is 6.10 Å². The van der Waals surface area contributed by atoms with Crippen LogP contribution >= 0.6 is 0 Å². The molecular weight excluding hydrogens is 544 g/mol. The van der Waals surface area contributed by atoms with E-state index in [1.807, 2.05) is 65.6 Å². The first-order chi connectivity index (χ1) is 20.8. The molecule has 11 nitrogen and oxygen atoms in total. The molecule has 0 amide bonds. The second-order valence-electron chi connectivity index (χ2n) is 10.3. The summed E-state index contributed by atoms with van der Waals surface area (Å²) in [6.07, 6.45) is 6.01. The van der Waals surface area contributed by atoms with Gasteiger partial charge in [0.2, 0.25) is 0 Å². The number of imidazole rings is 1. The maximum Gasteiger partial charge on any atom is 0.0945 e. The van der Waals surface area contributed by atoms with Crippen LogP contribution in [0.4, 0.5) is 34.1 Å². The number of benzene rings is 3. The first kappa shape index (κ1) is 33.1. The Balaban J connectivity index is 0.000000257. The fraction of sp³-hybridized carbons (Fsp3) is 0.344. The number of rotatable bonds is 15. The molecule has 0 aliphatic heterocycles. The highest BCUT2D eigenvalue weighted by atomic mass is 16.3. The van der Waals surface area contributed by atoms with Crippen molar-refractivity contribution in [1.82, 2.24) is 9.55 Å². The van der Waals surface area contributed by atoms with E-state index in [1.165, 1.54) is 0 Å². The lowest BCUT2D eigenvalue weighted by Crippen LogP contribution is -2.42. The molecule has 43 heavy (non-hydrogen) atoms. The van der Waals surface area contributed by atoms with Crippen LogP contribution in [0.2, 0.25) is 0 Å². The molecule has 3 aromatic carbocycles. The third-order valence-electron chi connectivity index (χ3n) is 6.87. The quantitative estimate of drug-likeness (QED) is 0.0805. The fourth-order valence-electron chi connectivity index (χ4n) is 4.53. The van der Waals surface area contributed by atoms with E-state index in [-0.39, 0.29) is 13.2 Å². The van der Waals surface area contributed by atoms with Crippen LogP contribution in [0.3, 0.4) is 0 Å². The number of hydrogen-bond acceptors (Lipinski definition) is 10. The maximum atomic E-state index is 10.6. The third-order valence-corrected chi connectivity index (χ3v) is 6.87. The number of nitrogen functional groups attached to an aromatic ring is 3. The standard InChI is InChI=1S/C19H28N4O3.C13H18N4/c20-15-1-5-17(6-2-15)22(9-11-24)13-19(26)14-23(10-12-25)18-7-3-16(21)4-8-18;1-11-9-12(3-4-13(11)14)16-5-2-7-17-8-6-15-10-17/h1-8,19,24-26H,9-14,20-21H2;3-4,6,8-10,16H,2,5,7,14H2,1H3. The monoisotopic (exact) mass is 590 g/mol. The molecule has 232 valence electrons. The molecule has 4 rings (SSSR count). The van der Waals surface area contributed by atoms with Crippen LogP contribution in [0, 0.1) is 6.92 Å². The summed E-state index contributed by atoms with van der Waals surface area (Å²) in [6, 6.07) is 20.6. The lowest BCUT2D eigenvalue weighted by atomic mass is 10.2. The van der Waals surface area contributed by atoms with Gasteiger partial charge in [-0.25, -0.2) is 4.98 Å². The molecule has 0 aliphatic carbocycles. The van der Waals surface area contributed by atoms with Gasteiger partial charge in [-0.1, -0.05) is 0 Å². The Hall–Kier alpha value is -4.45. The van der Waals surface area contributed by atoms with Crippen LogP contribution in [-0.4, -0.2) is 76.9 Å². The van der Waals surface area contributed by atoms with E-state index in [0.717, 1.165) is 47.8 Å². The van der Waals surface area contributed by atoms with Crippen molar-refractivity contribution >= 4 is 34.1 Å². The van der Waals surface area contributed by atoms with Gasteiger partial charge in [0.15, 0.2) is 0 Å². The first-order valence-corrected chi connectivity index (χ1v) is 14.5. The number of nitrogens with two attached hydrogens (primary N) is 3. The Bertz CT molecular complexity index is 1260. The normalized spacial score (nSPS) is 10.7. The van der Waals surface area contributed by atoms with Crippen LogP contribution in [0.1, 0.15) is 12.0 Å². The SMILES string of the molecule is Cc1cc(NCCCn2ccnc2)ccc1N.Nc1ccc(N(CCO)CC(O)CN(CCO)c2ccc(N)cc2)cc1. The van der Waals surface area contributed by atoms with Crippen LogP contribution in [0.25, 0.3) is 0 Å². The summed E-state index contributed by atoms with van der Waals surface area (Å²) in [5.41, 5.74) is 23.4. The highest BCUT2D eigenvalue weighted by Crippen LogP contribution is 2.19. The summed E-state index contributed by atoms with van der Waals surface area (Å²) in [6.45, 7) is 5.42. The summed E-state index contributed by atoms with van der Waals surface area (Å²) in [7, 11) is 0. The van der Waals surface area contributed by atoms with Gasteiger partial charge in [-0.15, -0.1) is 0 Å². The molecular formula is C32H46N8O3. The molecule has 0 spiro atoms. The van der Waals surface area contributed by atoms with Gasteiger partial charge < -0.3 is 52.2 Å². The summed E-state index contributed by atoms with van der Waals surface area (Å²) in [5.74, 6) is 0. The zero-order chi connectivity index (χ0) is 31.0. The molecule has 0 atom stereocenters. The Morgan fingerprint density at radius 2 is 1.40 bits per heavy atom. The highest BCUT2D eigenvalue weighted by Gasteiger charge is 2.16. The van der Waals surface area contributed by atoms with Gasteiger partial charge in [-0.2, -0.15) is 0 Å². The van der Waals surface area contributed by atoms with Crippen molar-refractivity contribution in [2.45, 2.75) is 26.0 Å². The van der Waals surface area contributed by atoms with Crippen molar-refractivity contribution in [1.29, 1.82) is 0 Å². The minimum Gasteiger partial charge on any atom is -0.399 e. The molecule has 0 unspecified atom stereocenters. The van der Waals surface area contributed by atoms with E-state index in [0.29, 0.717) is 37.6 Å². The van der Waals surface area contributed by atoms with Gasteiger partial charge >= 0.3 is 0 Å². The van der Waals surface area contributed by atoms with Gasteiger partial charge in [0, 0.05) is 85.8 Å². The van der Waals surface area contributed by atoms with Gasteiger partial charge in [-0.3, -0.25) is 0 Å². The topological polar surface area (TPSA) is 175 Å². The van der Waals surface area contributed by atoms with Crippen molar-refractivity contribution < 1.29 is 15.3 Å². The van der Waals surface area contributed by atoms with Crippen LogP contribution in [0.5, 0.6) is 0 Å². The van der Waals surface area contributed by atoms with Crippen LogP contribution in [-0.2, 0) is 6.54 Å². The molecule has 10 N–H and O–H groups in total. The third kappa shape index (κ3) is 11.4. The Labute approximate surface area is 254 Å². The van der Waals surface area contributed by atoms with E-state index in [2.05, 4.69) is 20.9 Å². The number of aromatic nitrogens is 2. The number of aliphatic hydroxyl groups excluding tert-OH is 3. The molecule has 1 heterocycles. The molecule has 11 heteroatoms. The van der Waals surface area contributed by atoms with Crippen molar-refractivity contribution in [3.63, 3.8) is 0 Å². The van der Waals surface area contributed by atoms with E-state index in [1.54, 1.807) is 30.5 Å². The predicted molar refractivity (Wildman–Crippen MR) is 177 cm³/mol. The molecule has 0 radical (unpaired) electrons. The zero-order valence-electron chi connectivity index (χ0n) is 24.9. The summed E-state index contributed by atoms with van der Waals surface area (Å²) >= 11 is 0. The second kappa shape index (κ2) is 17.5. The first-order valence-electron chi connectivity index (χ1n) is 14.5. The summed E-state index contributed by atoms with van der Waals surface area (Å²) < 4.78 is 2.08. The minimum absolute atomic E-state index is 0.0184. The molecule has 4 aromatic rings. The van der Waals surface area contributed by atoms with Crippen molar-refractivity contribution in [2.75, 3.05) is 78.3 Å². The van der Waals surface area contributed by atoms with Crippen molar-refractivity contribution in [3.05, 3.63) is 91.0 Å². The molecule has 0 saturated heterocycles. The summed E-state index contributed by atoms with van der Waals surface area (Å²) in [5, 5.41) is 32.6. The lowest BCUT2D eigenvalue weighted by Gasteiger charge is -2.31. The number of aliphatic hydroxyl groups is 3. The van der Waals surface area contributed by atoms with E-state index in [4.69, 9.17) is 17.2 Å². The fourth-order valence-corrected chi connectivity index (χ4v) is 4.53. The zero-order valence-corrected chi connectivity index (χ0v) is 24.9. The molecule has 0 fully saturated rings. The van der Waals surface area contributed by atoms with Crippen LogP contribution < -0.4 is 32.3 Å². The number of nitrogens with one attached hydrogen (secondary N) is 1. The van der Waals surface area contributed by atoms with Gasteiger partial charge in [0.1, 0.15) is 0 Å². The average molecular weight is 591 g/mol. The van der Waals surface area contributed by atoms with Crippen LogP contribution in [0.15, 0.2) is 85.5 Å². The second-order valence-corrected chi connectivity index (χ2v) is 10.3. The number of aryl methyl sites for hydroxylation is 2. The predicted octanol–water partition coefficient (Wildman–Crippen LogP) is 2.79. The van der Waals surface area contributed by atoms with Gasteiger partial charge in [0.05, 0.1) is 25.6 Å². The Morgan fingerprint density at radius 1 is 0.837 bits per heavy atom. The Kier molecular flexibility index (Phi) is 13.4. The molecule has 1 aromatic heterocycles. The smallest absolute Gasteiger partial charge is 0.0945 e. The van der Waals surface area contributed by atoms with Gasteiger partial charge in [-0.05, 0) is 85.6 Å². The average Bonchev–Trinajstić information content (AvgIpc) is 3.52. The minimum atomic E-state index is -0.678. The highest BCUT2D eigenvalue weighted by molar-refractivity contribution is 5.57. The largest absolute Gasteiger partial charge is 0.399 e. The number of anilines is 6. The lowest BCUT2D eigenvalue weighted by molar-refractivity contribution is 0.180. The van der Waals surface area contributed by atoms with Gasteiger partial charge in [0.25, 0.3) is 0 Å². The van der Waals surface area contributed by atoms with Crippen molar-refractivity contribution in [2.24, 2.45) is 0 Å². The molecule has 0 saturated carbocycles. The maximum absolute atomic E-state index is 10.6. The molecule has 0 bridgehead atoms. The van der Waals surface area contributed by atoms with E-state index in [9.17, 15) is 15.3 Å². The van der Waals surface area contributed by atoms with Crippen molar-refractivity contribution in [3.8, 4) is 0 Å². The Morgan fingerprint density at radius 3 is 1.86 bits per heavy atom. The number of nitrogens with zero attached hydrogens (tertiary/aromatic N) is 4. The summed E-state index contributed by atoms with van der Waals surface area (Å²) in [4.78, 5) is 7.82. The molecule has 0 aliphatic rings.